The lowest BCUT2D eigenvalue weighted by molar-refractivity contribution is -0.123. The van der Waals surface area contributed by atoms with Crippen molar-refractivity contribution in [3.63, 3.8) is 0 Å². The predicted octanol–water partition coefficient (Wildman–Crippen LogP) is 1.54. The van der Waals surface area contributed by atoms with Crippen LogP contribution in [-0.2, 0) is 11.3 Å². The van der Waals surface area contributed by atoms with E-state index in [0.717, 1.165) is 44.6 Å². The Balaban J connectivity index is 1.67. The van der Waals surface area contributed by atoms with Crippen LogP contribution in [0.1, 0.15) is 43.5 Å². The Morgan fingerprint density at radius 1 is 1.45 bits per heavy atom. The molecule has 1 saturated heterocycles. The molecule has 1 aromatic heterocycles. The van der Waals surface area contributed by atoms with Crippen LogP contribution in [0.5, 0.6) is 0 Å². The van der Waals surface area contributed by atoms with E-state index in [1.54, 1.807) is 0 Å². The van der Waals surface area contributed by atoms with Crippen molar-refractivity contribution in [2.24, 2.45) is 0 Å². The molecule has 1 amide bonds. The monoisotopic (exact) mass is 278 g/mol. The van der Waals surface area contributed by atoms with Crippen molar-refractivity contribution in [2.75, 3.05) is 13.1 Å². The summed E-state index contributed by atoms with van der Waals surface area (Å²) in [6, 6.07) is 2.08. The van der Waals surface area contributed by atoms with Gasteiger partial charge in [0.1, 0.15) is 0 Å². The van der Waals surface area contributed by atoms with Gasteiger partial charge in [-0.15, -0.1) is 0 Å². The molecule has 2 N–H and O–H groups in total. The number of hydrogen-bond acceptors (Lipinski definition) is 3. The first-order chi connectivity index (χ1) is 9.66. The van der Waals surface area contributed by atoms with Crippen molar-refractivity contribution in [2.45, 2.75) is 58.5 Å². The molecule has 2 heterocycles. The molecule has 1 atom stereocenters. The van der Waals surface area contributed by atoms with E-state index in [2.05, 4.69) is 28.7 Å². The zero-order valence-corrected chi connectivity index (χ0v) is 12.6. The number of aryl methyl sites for hydroxylation is 3. The Bertz CT molecular complexity index is 433. The van der Waals surface area contributed by atoms with Gasteiger partial charge in [-0.05, 0) is 45.7 Å². The van der Waals surface area contributed by atoms with Crippen LogP contribution in [0.3, 0.4) is 0 Å². The van der Waals surface area contributed by atoms with Crippen molar-refractivity contribution >= 4 is 5.91 Å². The maximum absolute atomic E-state index is 12.0. The Labute approximate surface area is 121 Å². The summed E-state index contributed by atoms with van der Waals surface area (Å²) in [7, 11) is 0. The fraction of sp³-hybridized carbons (Fsp3) is 0.733. The highest BCUT2D eigenvalue weighted by Crippen LogP contribution is 2.08. The molecule has 0 aliphatic carbocycles. The molecule has 1 aromatic rings. The molecule has 0 bridgehead atoms. The van der Waals surface area contributed by atoms with Crippen molar-refractivity contribution in [3.8, 4) is 0 Å². The number of rotatable bonds is 5. The normalized spacial score (nSPS) is 19.6. The highest BCUT2D eigenvalue weighted by Gasteiger charge is 2.18. The Hall–Kier alpha value is -1.36. The van der Waals surface area contributed by atoms with Gasteiger partial charge in [-0.3, -0.25) is 9.48 Å². The second-order valence-electron chi connectivity index (χ2n) is 5.65. The van der Waals surface area contributed by atoms with Crippen molar-refractivity contribution < 1.29 is 4.79 Å². The molecule has 0 saturated carbocycles. The molecule has 0 spiro atoms. The number of carbonyl (C=O) groups is 1. The zero-order chi connectivity index (χ0) is 14.4. The van der Waals surface area contributed by atoms with E-state index in [1.807, 2.05) is 11.6 Å². The van der Waals surface area contributed by atoms with E-state index >= 15 is 0 Å². The van der Waals surface area contributed by atoms with Gasteiger partial charge in [-0.2, -0.15) is 5.10 Å². The maximum atomic E-state index is 12.0. The second kappa shape index (κ2) is 7.43. The van der Waals surface area contributed by atoms with Crippen LogP contribution >= 0.6 is 0 Å². The number of nitrogens with zero attached hydrogens (tertiary/aromatic N) is 2. The van der Waals surface area contributed by atoms with E-state index in [0.29, 0.717) is 0 Å². The largest absolute Gasteiger partial charge is 0.355 e. The molecule has 1 unspecified atom stereocenters. The smallest absolute Gasteiger partial charge is 0.237 e. The van der Waals surface area contributed by atoms with Gasteiger partial charge in [0.05, 0.1) is 11.7 Å². The summed E-state index contributed by atoms with van der Waals surface area (Å²) in [4.78, 5) is 12.0. The Kier molecular flexibility index (Phi) is 5.59. The van der Waals surface area contributed by atoms with Gasteiger partial charge in [-0.25, -0.2) is 0 Å². The van der Waals surface area contributed by atoms with Gasteiger partial charge in [0, 0.05) is 18.8 Å². The van der Waals surface area contributed by atoms with Gasteiger partial charge in [0.15, 0.2) is 0 Å². The third kappa shape index (κ3) is 4.34. The third-order valence-electron chi connectivity index (χ3n) is 3.83. The van der Waals surface area contributed by atoms with Crippen LogP contribution in [0.2, 0.25) is 0 Å². The van der Waals surface area contributed by atoms with E-state index in [4.69, 9.17) is 0 Å². The summed E-state index contributed by atoms with van der Waals surface area (Å²) in [5.74, 6) is 0.153. The van der Waals surface area contributed by atoms with Crippen molar-refractivity contribution in [3.05, 3.63) is 17.5 Å². The Morgan fingerprint density at radius 2 is 2.30 bits per heavy atom. The second-order valence-corrected chi connectivity index (χ2v) is 5.65. The summed E-state index contributed by atoms with van der Waals surface area (Å²) < 4.78 is 2.01. The number of nitrogens with one attached hydrogen (secondary N) is 2. The van der Waals surface area contributed by atoms with Gasteiger partial charge >= 0.3 is 0 Å². The summed E-state index contributed by atoms with van der Waals surface area (Å²) >= 11 is 0. The Morgan fingerprint density at radius 3 is 3.05 bits per heavy atom. The fourth-order valence-electron chi connectivity index (χ4n) is 2.72. The van der Waals surface area contributed by atoms with E-state index in [-0.39, 0.29) is 11.9 Å². The first-order valence-corrected chi connectivity index (χ1v) is 7.69. The molecule has 20 heavy (non-hydrogen) atoms. The van der Waals surface area contributed by atoms with Crippen LogP contribution < -0.4 is 10.6 Å². The lowest BCUT2D eigenvalue weighted by Gasteiger charge is -2.15. The molecule has 1 aliphatic rings. The summed E-state index contributed by atoms with van der Waals surface area (Å²) in [5.41, 5.74) is 2.23. The van der Waals surface area contributed by atoms with Crippen LogP contribution in [0, 0.1) is 13.8 Å². The van der Waals surface area contributed by atoms with Gasteiger partial charge < -0.3 is 10.6 Å². The fourth-order valence-corrected chi connectivity index (χ4v) is 2.72. The van der Waals surface area contributed by atoms with E-state index in [1.165, 1.54) is 18.5 Å². The molecule has 0 aromatic carbocycles. The minimum atomic E-state index is 0.00573. The number of hydrogen-bond donors (Lipinski definition) is 2. The standard InChI is InChI=1S/C15H26N4O/c1-12-11-13(2)19(18-12)10-6-9-17-15(20)14-7-4-3-5-8-16-14/h11,14,16H,3-10H2,1-2H3,(H,17,20). The molecule has 2 rings (SSSR count). The highest BCUT2D eigenvalue weighted by molar-refractivity contribution is 5.81. The van der Waals surface area contributed by atoms with Crippen LogP contribution in [0.15, 0.2) is 6.07 Å². The molecule has 5 heteroatoms. The van der Waals surface area contributed by atoms with Crippen molar-refractivity contribution in [1.29, 1.82) is 0 Å². The zero-order valence-electron chi connectivity index (χ0n) is 12.6. The summed E-state index contributed by atoms with van der Waals surface area (Å²) in [5, 5.41) is 10.8. The number of carbonyl (C=O) groups excluding carboxylic acids is 1. The third-order valence-corrected chi connectivity index (χ3v) is 3.83. The maximum Gasteiger partial charge on any atom is 0.237 e. The lowest BCUT2D eigenvalue weighted by Crippen LogP contribution is -2.44. The summed E-state index contributed by atoms with van der Waals surface area (Å²) in [6.07, 6.45) is 5.44. The molecular formula is C15H26N4O. The van der Waals surface area contributed by atoms with E-state index < -0.39 is 0 Å². The van der Waals surface area contributed by atoms with Crippen molar-refractivity contribution in [1.82, 2.24) is 20.4 Å². The number of amides is 1. The summed E-state index contributed by atoms with van der Waals surface area (Å²) in [6.45, 7) is 6.61. The highest BCUT2D eigenvalue weighted by atomic mass is 16.2. The van der Waals surface area contributed by atoms with E-state index in [9.17, 15) is 4.79 Å². The topological polar surface area (TPSA) is 59.0 Å². The van der Waals surface area contributed by atoms with Gasteiger partial charge in [-0.1, -0.05) is 12.8 Å². The predicted molar refractivity (Wildman–Crippen MR) is 79.6 cm³/mol. The first-order valence-electron chi connectivity index (χ1n) is 7.69. The van der Waals surface area contributed by atoms with Crippen LogP contribution in [0.4, 0.5) is 0 Å². The molecule has 1 aliphatic heterocycles. The molecule has 0 radical (unpaired) electrons. The minimum absolute atomic E-state index is 0.00573. The van der Waals surface area contributed by atoms with Crippen LogP contribution in [-0.4, -0.2) is 34.8 Å². The lowest BCUT2D eigenvalue weighted by atomic mass is 10.1. The quantitative estimate of drug-likeness (QED) is 0.803. The molecule has 112 valence electrons. The van der Waals surface area contributed by atoms with Gasteiger partial charge in [0.2, 0.25) is 5.91 Å². The average Bonchev–Trinajstić information content (AvgIpc) is 2.64. The first kappa shape index (κ1) is 15.0. The molecular weight excluding hydrogens is 252 g/mol. The minimum Gasteiger partial charge on any atom is -0.355 e. The number of aromatic nitrogens is 2. The SMILES string of the molecule is Cc1cc(C)n(CCCNC(=O)C2CCCCCN2)n1. The van der Waals surface area contributed by atoms with Crippen LogP contribution in [0.25, 0.3) is 0 Å². The molecule has 1 fully saturated rings. The molecule has 5 nitrogen and oxygen atoms in total. The average molecular weight is 278 g/mol. The van der Waals surface area contributed by atoms with Gasteiger partial charge in [0.25, 0.3) is 0 Å².